The first-order chi connectivity index (χ1) is 9.31. The second-order valence-corrected chi connectivity index (χ2v) is 5.10. The number of carbonyl (C=O) groups is 1. The Kier molecular flexibility index (Phi) is 5.38. The summed E-state index contributed by atoms with van der Waals surface area (Å²) in [5, 5.41) is 2.83. The number of benzene rings is 1. The van der Waals surface area contributed by atoms with Crippen LogP contribution in [0.25, 0.3) is 0 Å². The van der Waals surface area contributed by atoms with Crippen molar-refractivity contribution in [2.45, 2.75) is 6.92 Å². The molecule has 1 aromatic carbocycles. The van der Waals surface area contributed by atoms with E-state index in [-0.39, 0.29) is 5.91 Å². The molecule has 0 aliphatic carbocycles. The Morgan fingerprint density at radius 1 is 1.15 bits per heavy atom. The Hall–Kier alpha value is -2.23. The summed E-state index contributed by atoms with van der Waals surface area (Å²) in [5.41, 5.74) is 3.27. The van der Waals surface area contributed by atoms with Crippen LogP contribution < -0.4 is 10.2 Å². The van der Waals surface area contributed by atoms with Gasteiger partial charge in [0.05, 0.1) is 0 Å². The molecule has 4 nitrogen and oxygen atoms in total. The summed E-state index contributed by atoms with van der Waals surface area (Å²) in [6.45, 7) is 5.73. The van der Waals surface area contributed by atoms with Crippen LogP contribution in [0.15, 0.2) is 48.2 Å². The summed E-state index contributed by atoms with van der Waals surface area (Å²) < 4.78 is 0. The van der Waals surface area contributed by atoms with Crippen LogP contribution >= 0.6 is 0 Å². The van der Waals surface area contributed by atoms with Crippen molar-refractivity contribution in [1.29, 1.82) is 0 Å². The lowest BCUT2D eigenvalue weighted by atomic mass is 10.2. The molecule has 1 aromatic rings. The highest BCUT2D eigenvalue weighted by atomic mass is 16.1. The van der Waals surface area contributed by atoms with Gasteiger partial charge in [-0.3, -0.25) is 4.79 Å². The van der Waals surface area contributed by atoms with E-state index in [1.54, 1.807) is 6.08 Å². The zero-order valence-electron chi connectivity index (χ0n) is 12.9. The first-order valence-corrected chi connectivity index (χ1v) is 6.44. The molecule has 0 fully saturated rings. The van der Waals surface area contributed by atoms with Gasteiger partial charge in [0, 0.05) is 50.8 Å². The van der Waals surface area contributed by atoms with Crippen molar-refractivity contribution in [3.8, 4) is 0 Å². The first kappa shape index (κ1) is 15.8. The number of rotatable bonds is 5. The summed E-state index contributed by atoms with van der Waals surface area (Å²) in [6, 6.07) is 7.67. The molecule has 0 saturated heterocycles. The molecule has 1 amide bonds. The summed E-state index contributed by atoms with van der Waals surface area (Å²) in [6.07, 6.45) is 1.77. The molecule has 1 rings (SSSR count). The predicted molar refractivity (Wildman–Crippen MR) is 86.0 cm³/mol. The van der Waals surface area contributed by atoms with Crippen LogP contribution in [0.1, 0.15) is 6.92 Å². The molecule has 1 N–H and O–H groups in total. The fraction of sp³-hybridized carbons (Fsp3) is 0.312. The predicted octanol–water partition coefficient (Wildman–Crippen LogP) is 2.71. The molecule has 0 aromatic heterocycles. The maximum absolute atomic E-state index is 12.0. The van der Waals surface area contributed by atoms with Crippen molar-refractivity contribution in [3.05, 3.63) is 48.2 Å². The fourth-order valence-electron chi connectivity index (χ4n) is 1.50. The van der Waals surface area contributed by atoms with Crippen LogP contribution in [0.2, 0.25) is 0 Å². The highest BCUT2D eigenvalue weighted by molar-refractivity contribution is 6.05. The normalized spacial score (nSPS) is 10.9. The van der Waals surface area contributed by atoms with Gasteiger partial charge in [-0.2, -0.15) is 0 Å². The van der Waals surface area contributed by atoms with Crippen LogP contribution in [0.4, 0.5) is 11.4 Å². The molecular formula is C16H23N3O. The largest absolute Gasteiger partial charge is 0.381 e. The molecule has 0 aliphatic rings. The molecule has 0 aliphatic heterocycles. The van der Waals surface area contributed by atoms with Crippen molar-refractivity contribution in [2.75, 3.05) is 38.4 Å². The third-order valence-corrected chi connectivity index (χ3v) is 3.02. The number of hydrogen-bond acceptors (Lipinski definition) is 3. The van der Waals surface area contributed by atoms with E-state index < -0.39 is 0 Å². The molecular weight excluding hydrogens is 250 g/mol. The minimum atomic E-state index is -0.191. The van der Waals surface area contributed by atoms with Crippen molar-refractivity contribution in [1.82, 2.24) is 4.90 Å². The van der Waals surface area contributed by atoms with Gasteiger partial charge in [0.1, 0.15) is 0 Å². The summed E-state index contributed by atoms with van der Waals surface area (Å²) in [7, 11) is 7.81. The number of nitrogens with one attached hydrogen (secondary N) is 1. The quantitative estimate of drug-likeness (QED) is 0.662. The monoisotopic (exact) mass is 273 g/mol. The molecule has 20 heavy (non-hydrogen) atoms. The molecule has 108 valence electrons. The number of allylic oxidation sites excluding steroid dienone is 1. The second-order valence-electron chi connectivity index (χ2n) is 5.10. The van der Waals surface area contributed by atoms with E-state index in [0.717, 1.165) is 17.1 Å². The van der Waals surface area contributed by atoms with Crippen LogP contribution in [-0.4, -0.2) is 39.0 Å². The minimum Gasteiger partial charge on any atom is -0.381 e. The van der Waals surface area contributed by atoms with E-state index in [0.29, 0.717) is 5.57 Å². The third-order valence-electron chi connectivity index (χ3n) is 3.02. The number of nitrogens with zero attached hydrogens (tertiary/aromatic N) is 2. The Bertz CT molecular complexity index is 513. The highest BCUT2D eigenvalue weighted by Crippen LogP contribution is 2.16. The number of hydrogen-bond donors (Lipinski definition) is 1. The van der Waals surface area contributed by atoms with E-state index in [1.165, 1.54) is 0 Å². The third kappa shape index (κ3) is 4.46. The maximum Gasteiger partial charge on any atom is 0.255 e. The number of anilines is 2. The SMILES string of the molecule is C=C(/C=C(\C)N(C)C)C(=O)Nc1ccc(N(C)C)cc1. The Morgan fingerprint density at radius 2 is 1.70 bits per heavy atom. The molecule has 0 atom stereocenters. The van der Waals surface area contributed by atoms with Gasteiger partial charge in [-0.05, 0) is 37.3 Å². The molecule has 4 heteroatoms. The minimum absolute atomic E-state index is 0.191. The van der Waals surface area contributed by atoms with Crippen molar-refractivity contribution in [2.24, 2.45) is 0 Å². The van der Waals surface area contributed by atoms with Crippen LogP contribution in [0.3, 0.4) is 0 Å². The van der Waals surface area contributed by atoms with E-state index in [1.807, 2.05) is 69.2 Å². The van der Waals surface area contributed by atoms with Crippen molar-refractivity contribution in [3.63, 3.8) is 0 Å². The van der Waals surface area contributed by atoms with Gasteiger partial charge >= 0.3 is 0 Å². The average Bonchev–Trinajstić information content (AvgIpc) is 2.38. The molecule has 0 bridgehead atoms. The smallest absolute Gasteiger partial charge is 0.255 e. The lowest BCUT2D eigenvalue weighted by Crippen LogP contribution is -2.15. The van der Waals surface area contributed by atoms with E-state index in [9.17, 15) is 4.79 Å². The van der Waals surface area contributed by atoms with Gasteiger partial charge in [-0.25, -0.2) is 0 Å². The van der Waals surface area contributed by atoms with Crippen molar-refractivity contribution >= 4 is 17.3 Å². The van der Waals surface area contributed by atoms with Gasteiger partial charge in [-0.1, -0.05) is 6.58 Å². The second kappa shape index (κ2) is 6.80. The molecule has 0 unspecified atom stereocenters. The Balaban J connectivity index is 2.71. The molecule has 0 radical (unpaired) electrons. The fourth-order valence-corrected chi connectivity index (χ4v) is 1.50. The van der Waals surface area contributed by atoms with Crippen LogP contribution in [0, 0.1) is 0 Å². The zero-order chi connectivity index (χ0) is 15.3. The average molecular weight is 273 g/mol. The first-order valence-electron chi connectivity index (χ1n) is 6.44. The van der Waals surface area contributed by atoms with Crippen molar-refractivity contribution < 1.29 is 4.79 Å². The number of carbonyl (C=O) groups excluding carboxylic acids is 1. The Labute approximate surface area is 121 Å². The van der Waals surface area contributed by atoms with Gasteiger partial charge in [0.15, 0.2) is 0 Å². The van der Waals surface area contributed by atoms with Gasteiger partial charge in [-0.15, -0.1) is 0 Å². The van der Waals surface area contributed by atoms with Crippen LogP contribution in [0.5, 0.6) is 0 Å². The lowest BCUT2D eigenvalue weighted by Gasteiger charge is -2.14. The van der Waals surface area contributed by atoms with E-state index in [4.69, 9.17) is 0 Å². The molecule has 0 spiro atoms. The van der Waals surface area contributed by atoms with E-state index >= 15 is 0 Å². The lowest BCUT2D eigenvalue weighted by molar-refractivity contribution is -0.112. The topological polar surface area (TPSA) is 35.6 Å². The Morgan fingerprint density at radius 3 is 2.15 bits per heavy atom. The summed E-state index contributed by atoms with van der Waals surface area (Å²) >= 11 is 0. The zero-order valence-corrected chi connectivity index (χ0v) is 12.9. The maximum atomic E-state index is 12.0. The van der Waals surface area contributed by atoms with Crippen LogP contribution in [-0.2, 0) is 4.79 Å². The van der Waals surface area contributed by atoms with E-state index in [2.05, 4.69) is 11.9 Å². The standard InChI is InChI=1S/C16H23N3O/c1-12(11-13(2)18(3)4)16(20)17-14-7-9-15(10-8-14)19(5)6/h7-11H,1H2,2-6H3,(H,17,20)/b13-11+. The molecule has 0 saturated carbocycles. The van der Waals surface area contributed by atoms with Gasteiger partial charge < -0.3 is 15.1 Å². The van der Waals surface area contributed by atoms with Gasteiger partial charge in [0.25, 0.3) is 5.91 Å². The van der Waals surface area contributed by atoms with Gasteiger partial charge in [0.2, 0.25) is 0 Å². The highest BCUT2D eigenvalue weighted by Gasteiger charge is 2.06. The number of amides is 1. The molecule has 0 heterocycles. The summed E-state index contributed by atoms with van der Waals surface area (Å²) in [5.74, 6) is -0.191. The summed E-state index contributed by atoms with van der Waals surface area (Å²) in [4.78, 5) is 15.9.